The first kappa shape index (κ1) is 24.0. The molecule has 1 aliphatic rings. The van der Waals surface area contributed by atoms with Crippen molar-refractivity contribution in [2.45, 2.75) is 51.2 Å². The molecule has 29 heavy (non-hydrogen) atoms. The van der Waals surface area contributed by atoms with E-state index in [9.17, 15) is 14.6 Å². The van der Waals surface area contributed by atoms with Gasteiger partial charge in [0, 0.05) is 18.7 Å². The smallest absolute Gasteiger partial charge is 0.203 e. The molecule has 8 heteroatoms. The van der Waals surface area contributed by atoms with E-state index in [2.05, 4.69) is 5.32 Å². The predicted molar refractivity (Wildman–Crippen MR) is 115 cm³/mol. The highest BCUT2D eigenvalue weighted by molar-refractivity contribution is 7.58. The maximum Gasteiger partial charge on any atom is 0.203 e. The standard InChI is InChI=1S/C21H36NO6P/c1-15(17-10-19(26-2)21(28-4)20(11-17)27-3)22-12-18(23)14-29(24,25)13-16-8-6-5-7-9-16/h10-11,15-16,18,22-23H,5-9,12-14H2,1-4H3,(H,24,25)/t15-,18-/m0/s1. The third kappa shape index (κ3) is 7.18. The van der Waals surface area contributed by atoms with Crippen LogP contribution >= 0.6 is 7.37 Å². The highest BCUT2D eigenvalue weighted by Gasteiger charge is 2.28. The lowest BCUT2D eigenvalue weighted by Crippen LogP contribution is -2.32. The topological polar surface area (TPSA) is 97.2 Å². The Hall–Kier alpha value is -1.27. The van der Waals surface area contributed by atoms with Crippen molar-refractivity contribution in [3.63, 3.8) is 0 Å². The highest BCUT2D eigenvalue weighted by Crippen LogP contribution is 2.46. The van der Waals surface area contributed by atoms with Gasteiger partial charge in [0.2, 0.25) is 13.1 Å². The zero-order valence-corrected chi connectivity index (χ0v) is 18.9. The van der Waals surface area contributed by atoms with Crippen LogP contribution in [-0.2, 0) is 4.57 Å². The number of hydrogen-bond donors (Lipinski definition) is 3. The number of ether oxygens (including phenoxy) is 3. The van der Waals surface area contributed by atoms with Crippen LogP contribution in [-0.4, -0.2) is 56.3 Å². The molecule has 1 fully saturated rings. The average molecular weight is 429 g/mol. The fourth-order valence-corrected chi connectivity index (χ4v) is 6.13. The van der Waals surface area contributed by atoms with E-state index < -0.39 is 13.5 Å². The molecule has 0 aromatic heterocycles. The number of aliphatic hydroxyl groups is 1. The lowest BCUT2D eigenvalue weighted by atomic mass is 9.91. The van der Waals surface area contributed by atoms with Crippen LogP contribution in [0.15, 0.2) is 12.1 Å². The third-order valence-corrected chi connectivity index (χ3v) is 7.69. The lowest BCUT2D eigenvalue weighted by Gasteiger charge is -2.25. The number of aliphatic hydroxyl groups excluding tert-OH is 1. The quantitative estimate of drug-likeness (QED) is 0.463. The molecule has 1 saturated carbocycles. The molecule has 166 valence electrons. The van der Waals surface area contributed by atoms with E-state index in [1.807, 2.05) is 19.1 Å². The Morgan fingerprint density at radius 3 is 2.21 bits per heavy atom. The summed E-state index contributed by atoms with van der Waals surface area (Å²) in [7, 11) is 1.35. The van der Waals surface area contributed by atoms with Crippen molar-refractivity contribution in [1.82, 2.24) is 5.32 Å². The van der Waals surface area contributed by atoms with Gasteiger partial charge in [0.15, 0.2) is 11.5 Å². The second-order valence-corrected chi connectivity index (χ2v) is 10.4. The van der Waals surface area contributed by atoms with Crippen LogP contribution in [0.5, 0.6) is 17.2 Å². The van der Waals surface area contributed by atoms with E-state index in [0.29, 0.717) is 29.3 Å². The van der Waals surface area contributed by atoms with Crippen LogP contribution in [0, 0.1) is 5.92 Å². The van der Waals surface area contributed by atoms with Gasteiger partial charge in [-0.1, -0.05) is 19.3 Å². The Balaban J connectivity index is 1.92. The molecule has 0 heterocycles. The Labute approximate surface area is 174 Å². The van der Waals surface area contributed by atoms with Gasteiger partial charge in [0.1, 0.15) is 0 Å². The SMILES string of the molecule is COc1cc([C@H](C)NC[C@H](O)CP(=O)(O)CC2CCCCC2)cc(OC)c1OC. The average Bonchev–Trinajstić information content (AvgIpc) is 2.70. The number of nitrogens with one attached hydrogen (secondary N) is 1. The summed E-state index contributed by atoms with van der Waals surface area (Å²) in [6.07, 6.45) is 4.93. The normalized spacial score (nSPS) is 19.2. The van der Waals surface area contributed by atoms with Crippen LogP contribution in [0.1, 0.15) is 50.6 Å². The molecule has 1 unspecified atom stereocenters. The highest BCUT2D eigenvalue weighted by atomic mass is 31.2. The predicted octanol–water partition coefficient (Wildman–Crippen LogP) is 3.57. The second kappa shape index (κ2) is 11.2. The number of benzene rings is 1. The molecule has 0 spiro atoms. The molecular weight excluding hydrogens is 393 g/mol. The molecule has 1 aromatic carbocycles. The van der Waals surface area contributed by atoms with Crippen molar-refractivity contribution in [2.75, 3.05) is 40.2 Å². The molecule has 0 aliphatic heterocycles. The van der Waals surface area contributed by atoms with Crippen LogP contribution in [0.4, 0.5) is 0 Å². The van der Waals surface area contributed by atoms with Crippen molar-refractivity contribution in [2.24, 2.45) is 5.92 Å². The first-order chi connectivity index (χ1) is 13.8. The zero-order chi connectivity index (χ0) is 21.4. The molecule has 3 N–H and O–H groups in total. The van der Waals surface area contributed by atoms with E-state index in [1.54, 1.807) is 21.3 Å². The zero-order valence-electron chi connectivity index (χ0n) is 18.0. The number of hydrogen-bond acceptors (Lipinski definition) is 6. The molecule has 2 rings (SSSR count). The molecule has 0 bridgehead atoms. The van der Waals surface area contributed by atoms with Crippen LogP contribution in [0.2, 0.25) is 0 Å². The molecule has 1 aliphatic carbocycles. The minimum absolute atomic E-state index is 0.0710. The van der Waals surface area contributed by atoms with Crippen molar-refractivity contribution < 1.29 is 28.8 Å². The van der Waals surface area contributed by atoms with Crippen LogP contribution < -0.4 is 19.5 Å². The molecule has 1 aromatic rings. The van der Waals surface area contributed by atoms with Gasteiger partial charge in [0.25, 0.3) is 0 Å². The summed E-state index contributed by atoms with van der Waals surface area (Å²) in [5, 5.41) is 13.6. The van der Waals surface area contributed by atoms with Crippen molar-refractivity contribution in [1.29, 1.82) is 0 Å². The van der Waals surface area contributed by atoms with E-state index in [1.165, 1.54) is 6.42 Å². The number of rotatable bonds is 11. The Morgan fingerprint density at radius 1 is 1.10 bits per heavy atom. The van der Waals surface area contributed by atoms with Crippen molar-refractivity contribution in [3.8, 4) is 17.2 Å². The maximum absolute atomic E-state index is 12.6. The molecular formula is C21H36NO6P. The summed E-state index contributed by atoms with van der Waals surface area (Å²) in [5.74, 6) is 1.96. The Kier molecular flexibility index (Phi) is 9.28. The Bertz CT molecular complexity index is 667. The molecule has 3 atom stereocenters. The van der Waals surface area contributed by atoms with Gasteiger partial charge in [-0.2, -0.15) is 0 Å². The monoisotopic (exact) mass is 429 g/mol. The van der Waals surface area contributed by atoms with Crippen LogP contribution in [0.3, 0.4) is 0 Å². The van der Waals surface area contributed by atoms with Gasteiger partial charge in [-0.15, -0.1) is 0 Å². The first-order valence-electron chi connectivity index (χ1n) is 10.3. The molecule has 7 nitrogen and oxygen atoms in total. The minimum atomic E-state index is -3.33. The maximum atomic E-state index is 12.6. The van der Waals surface area contributed by atoms with E-state index in [-0.39, 0.29) is 18.7 Å². The fraction of sp³-hybridized carbons (Fsp3) is 0.714. The second-order valence-electron chi connectivity index (χ2n) is 7.96. The lowest BCUT2D eigenvalue weighted by molar-refractivity contribution is 0.186. The molecule has 0 radical (unpaired) electrons. The van der Waals surface area contributed by atoms with Gasteiger partial charge in [-0.25, -0.2) is 0 Å². The van der Waals surface area contributed by atoms with E-state index in [4.69, 9.17) is 14.2 Å². The summed E-state index contributed by atoms with van der Waals surface area (Å²) in [6, 6.07) is 3.59. The fourth-order valence-electron chi connectivity index (χ4n) is 4.02. The van der Waals surface area contributed by atoms with Gasteiger partial charge in [0.05, 0.1) is 33.6 Å². The van der Waals surface area contributed by atoms with Gasteiger partial charge >= 0.3 is 0 Å². The summed E-state index contributed by atoms with van der Waals surface area (Å²) in [4.78, 5) is 10.3. The first-order valence-corrected chi connectivity index (χ1v) is 12.3. The minimum Gasteiger partial charge on any atom is -0.493 e. The summed E-state index contributed by atoms with van der Waals surface area (Å²) in [5.41, 5.74) is 0.904. The number of methoxy groups -OCH3 is 3. The van der Waals surface area contributed by atoms with Crippen LogP contribution in [0.25, 0.3) is 0 Å². The molecule has 0 saturated heterocycles. The third-order valence-electron chi connectivity index (χ3n) is 5.61. The van der Waals surface area contributed by atoms with E-state index in [0.717, 1.165) is 31.2 Å². The van der Waals surface area contributed by atoms with Gasteiger partial charge in [-0.05, 0) is 43.4 Å². The Morgan fingerprint density at radius 2 is 1.69 bits per heavy atom. The van der Waals surface area contributed by atoms with Gasteiger partial charge in [-0.3, -0.25) is 4.57 Å². The van der Waals surface area contributed by atoms with Crippen molar-refractivity contribution >= 4 is 7.37 Å². The van der Waals surface area contributed by atoms with Crippen molar-refractivity contribution in [3.05, 3.63) is 17.7 Å². The summed E-state index contributed by atoms with van der Waals surface area (Å²) < 4.78 is 28.7. The van der Waals surface area contributed by atoms with E-state index >= 15 is 0 Å². The largest absolute Gasteiger partial charge is 0.493 e. The summed E-state index contributed by atoms with van der Waals surface area (Å²) >= 11 is 0. The molecule has 0 amide bonds. The summed E-state index contributed by atoms with van der Waals surface area (Å²) in [6.45, 7) is 2.18. The van der Waals surface area contributed by atoms with Gasteiger partial charge < -0.3 is 29.5 Å².